The minimum atomic E-state index is -1.96. The maximum absolute atomic E-state index is 13.4. The Morgan fingerprint density at radius 3 is 2.50 bits per heavy atom. The van der Waals surface area contributed by atoms with Crippen LogP contribution in [0.4, 0.5) is 4.39 Å². The number of furan rings is 1. The maximum atomic E-state index is 13.4. The Morgan fingerprint density at radius 2 is 1.95 bits per heavy atom. The van der Waals surface area contributed by atoms with E-state index in [1.54, 1.807) is 7.11 Å². The number of fused-ring (bicyclic) bond motifs is 1. The molecule has 2 aromatic rings. The molecule has 1 heterocycles. The molecule has 0 saturated heterocycles. The quantitative estimate of drug-likeness (QED) is 0.681. The van der Waals surface area contributed by atoms with Crippen LogP contribution in [0.5, 0.6) is 0 Å². The lowest BCUT2D eigenvalue weighted by atomic mass is 10.2. The molecule has 1 aromatic carbocycles. The van der Waals surface area contributed by atoms with Crippen LogP contribution in [0.1, 0.15) is 26.5 Å². The van der Waals surface area contributed by atoms with Gasteiger partial charge in [0.1, 0.15) is 17.2 Å². The smallest absolute Gasteiger partial charge is 0.201 e. The van der Waals surface area contributed by atoms with Crippen LogP contribution in [0, 0.1) is 5.82 Å². The molecule has 1 atom stereocenters. The molecule has 20 heavy (non-hydrogen) atoms. The molecule has 0 amide bonds. The summed E-state index contributed by atoms with van der Waals surface area (Å²) >= 11 is 3.34. The van der Waals surface area contributed by atoms with E-state index in [-0.39, 0.29) is 10.9 Å². The lowest BCUT2D eigenvalue weighted by Gasteiger charge is -2.37. The second-order valence-corrected chi connectivity index (χ2v) is 12.0. The molecule has 1 aromatic heterocycles. The highest BCUT2D eigenvalue weighted by atomic mass is 79.9. The summed E-state index contributed by atoms with van der Waals surface area (Å²) in [5.41, 5.74) is 0.697. The van der Waals surface area contributed by atoms with Crippen molar-refractivity contribution in [3.8, 4) is 0 Å². The van der Waals surface area contributed by atoms with Crippen molar-refractivity contribution in [2.24, 2.45) is 0 Å². The number of benzene rings is 1. The fraction of sp³-hybridized carbons (Fsp3) is 0.467. The third-order valence-corrected chi connectivity index (χ3v) is 9.82. The summed E-state index contributed by atoms with van der Waals surface area (Å²) in [6, 6.07) is 5.61. The van der Waals surface area contributed by atoms with Crippen LogP contribution >= 0.6 is 15.9 Å². The molecule has 2 nitrogen and oxygen atoms in total. The standard InChI is InChI=1S/C15H20BrFO2Si/c1-15(2,3)20(5,18-4)9-12-7-10-6-11(17)8-13(16)14(10)19-12/h6-8H,9H2,1-5H3. The van der Waals surface area contributed by atoms with E-state index < -0.39 is 8.32 Å². The van der Waals surface area contributed by atoms with Gasteiger partial charge in [-0.15, -0.1) is 0 Å². The summed E-state index contributed by atoms with van der Waals surface area (Å²) in [7, 11) is -0.189. The van der Waals surface area contributed by atoms with Crippen molar-refractivity contribution in [2.75, 3.05) is 7.11 Å². The van der Waals surface area contributed by atoms with Gasteiger partial charge in [0.2, 0.25) is 8.32 Å². The molecule has 0 aliphatic heterocycles. The maximum Gasteiger partial charge on any atom is 0.201 e. The number of hydrogen-bond acceptors (Lipinski definition) is 2. The van der Waals surface area contributed by atoms with Crippen LogP contribution < -0.4 is 0 Å². The van der Waals surface area contributed by atoms with Gasteiger partial charge in [-0.25, -0.2) is 4.39 Å². The molecule has 0 bridgehead atoms. The zero-order chi connectivity index (χ0) is 15.1. The van der Waals surface area contributed by atoms with Crippen molar-refractivity contribution in [1.82, 2.24) is 0 Å². The van der Waals surface area contributed by atoms with Crippen molar-refractivity contribution in [2.45, 2.75) is 38.4 Å². The molecule has 2 rings (SSSR count). The molecule has 0 saturated carbocycles. The zero-order valence-corrected chi connectivity index (χ0v) is 15.1. The van der Waals surface area contributed by atoms with Crippen LogP contribution in [-0.2, 0) is 10.5 Å². The molecule has 0 spiro atoms. The van der Waals surface area contributed by atoms with Crippen molar-refractivity contribution >= 4 is 35.2 Å². The molecule has 0 radical (unpaired) electrons. The summed E-state index contributed by atoms with van der Waals surface area (Å²) in [4.78, 5) is 0. The third-order valence-electron chi connectivity index (χ3n) is 4.14. The van der Waals surface area contributed by atoms with Gasteiger partial charge in [-0.2, -0.15) is 0 Å². The van der Waals surface area contributed by atoms with Gasteiger partial charge in [0, 0.05) is 18.5 Å². The minimum Gasteiger partial charge on any atom is -0.460 e. The first-order valence-corrected chi connectivity index (χ1v) is 10.00. The Morgan fingerprint density at radius 1 is 1.30 bits per heavy atom. The SMILES string of the molecule is CO[Si](C)(Cc1cc2cc(F)cc(Br)c2o1)C(C)(C)C. The summed E-state index contributed by atoms with van der Waals surface area (Å²) in [5.74, 6) is 0.594. The first kappa shape index (κ1) is 15.7. The molecule has 0 fully saturated rings. The zero-order valence-electron chi connectivity index (χ0n) is 12.5. The fourth-order valence-corrected chi connectivity index (χ4v) is 4.85. The number of halogens is 2. The second kappa shape index (κ2) is 5.28. The van der Waals surface area contributed by atoms with Crippen LogP contribution in [0.15, 0.2) is 27.1 Å². The first-order valence-electron chi connectivity index (χ1n) is 6.59. The summed E-state index contributed by atoms with van der Waals surface area (Å²) in [5, 5.41) is 0.886. The molecular weight excluding hydrogens is 339 g/mol. The van der Waals surface area contributed by atoms with Gasteiger partial charge in [0.25, 0.3) is 0 Å². The number of hydrogen-bond donors (Lipinski definition) is 0. The van der Waals surface area contributed by atoms with Crippen molar-refractivity contribution in [3.05, 3.63) is 34.2 Å². The monoisotopic (exact) mass is 358 g/mol. The van der Waals surface area contributed by atoms with E-state index in [4.69, 9.17) is 8.84 Å². The van der Waals surface area contributed by atoms with E-state index in [2.05, 4.69) is 43.2 Å². The number of rotatable bonds is 3. The van der Waals surface area contributed by atoms with E-state index in [0.29, 0.717) is 10.1 Å². The van der Waals surface area contributed by atoms with Crippen LogP contribution in [0.25, 0.3) is 11.0 Å². The molecule has 1 unspecified atom stereocenters. The molecule has 0 N–H and O–H groups in total. The van der Waals surface area contributed by atoms with Gasteiger partial charge in [-0.05, 0) is 45.7 Å². The van der Waals surface area contributed by atoms with Crippen molar-refractivity contribution < 1.29 is 13.2 Å². The molecule has 110 valence electrons. The Balaban J connectivity index is 2.42. The second-order valence-electron chi connectivity index (χ2n) is 6.38. The third kappa shape index (κ3) is 2.85. The van der Waals surface area contributed by atoms with Crippen LogP contribution in [0.3, 0.4) is 0 Å². The highest BCUT2D eigenvalue weighted by Crippen LogP contribution is 2.39. The van der Waals surface area contributed by atoms with E-state index in [1.807, 2.05) is 6.07 Å². The van der Waals surface area contributed by atoms with Gasteiger partial charge in [0.15, 0.2) is 0 Å². The van der Waals surface area contributed by atoms with E-state index >= 15 is 0 Å². The Bertz CT molecular complexity index is 633. The molecule has 0 aliphatic carbocycles. The highest BCUT2D eigenvalue weighted by Gasteiger charge is 2.42. The predicted octanol–water partition coefficient (Wildman–Crippen LogP) is 5.44. The summed E-state index contributed by atoms with van der Waals surface area (Å²) in [6.07, 6.45) is 0. The van der Waals surface area contributed by atoms with Gasteiger partial charge in [0.05, 0.1) is 4.47 Å². The molecule has 5 heteroatoms. The Kier molecular flexibility index (Phi) is 4.15. The van der Waals surface area contributed by atoms with Crippen LogP contribution in [0.2, 0.25) is 11.6 Å². The lowest BCUT2D eigenvalue weighted by molar-refractivity contribution is 0.360. The first-order chi connectivity index (χ1) is 9.16. The van der Waals surface area contributed by atoms with E-state index in [1.165, 1.54) is 12.1 Å². The van der Waals surface area contributed by atoms with E-state index in [9.17, 15) is 4.39 Å². The van der Waals surface area contributed by atoms with Gasteiger partial charge >= 0.3 is 0 Å². The highest BCUT2D eigenvalue weighted by molar-refractivity contribution is 9.10. The average molecular weight is 359 g/mol. The summed E-state index contributed by atoms with van der Waals surface area (Å²) < 4.78 is 25.8. The minimum absolute atomic E-state index is 0.100. The molecular formula is C15H20BrFO2Si. The summed E-state index contributed by atoms with van der Waals surface area (Å²) in [6.45, 7) is 8.79. The topological polar surface area (TPSA) is 22.4 Å². The van der Waals surface area contributed by atoms with Crippen molar-refractivity contribution in [3.63, 3.8) is 0 Å². The van der Waals surface area contributed by atoms with Crippen LogP contribution in [-0.4, -0.2) is 15.4 Å². The van der Waals surface area contributed by atoms with Gasteiger partial charge in [-0.3, -0.25) is 0 Å². The molecule has 0 aliphatic rings. The van der Waals surface area contributed by atoms with E-state index in [0.717, 1.165) is 17.2 Å². The predicted molar refractivity (Wildman–Crippen MR) is 85.9 cm³/mol. The average Bonchev–Trinajstić information content (AvgIpc) is 2.69. The Hall–Kier alpha value is -0.653. The fourth-order valence-electron chi connectivity index (χ4n) is 2.19. The van der Waals surface area contributed by atoms with Gasteiger partial charge in [-0.1, -0.05) is 20.8 Å². The largest absolute Gasteiger partial charge is 0.460 e. The van der Waals surface area contributed by atoms with Gasteiger partial charge < -0.3 is 8.84 Å². The Labute approximate surface area is 128 Å². The van der Waals surface area contributed by atoms with Crippen molar-refractivity contribution in [1.29, 1.82) is 0 Å². The lowest BCUT2D eigenvalue weighted by Crippen LogP contribution is -2.45. The normalized spacial score (nSPS) is 15.6.